The van der Waals surface area contributed by atoms with Crippen LogP contribution in [0.5, 0.6) is 0 Å². The van der Waals surface area contributed by atoms with Crippen LogP contribution in [0.15, 0.2) is 34.3 Å². The van der Waals surface area contributed by atoms with Gasteiger partial charge in [-0.3, -0.25) is 25.0 Å². The fourth-order valence-corrected chi connectivity index (χ4v) is 1.47. The number of nitrogens with zero attached hydrogens (tertiary/aromatic N) is 2. The van der Waals surface area contributed by atoms with Crippen molar-refractivity contribution in [3.05, 3.63) is 24.3 Å². The molecule has 0 aromatic carbocycles. The van der Waals surface area contributed by atoms with Gasteiger partial charge in [-0.2, -0.15) is 0 Å². The Bertz CT molecular complexity index is 825. The van der Waals surface area contributed by atoms with E-state index in [-0.39, 0.29) is 29.8 Å². The predicted octanol–water partition coefficient (Wildman–Crippen LogP) is 1.27. The van der Waals surface area contributed by atoms with E-state index in [0.717, 1.165) is 6.21 Å². The molecule has 0 spiro atoms. The van der Waals surface area contributed by atoms with Crippen molar-refractivity contribution in [2.45, 2.75) is 20.3 Å². The van der Waals surface area contributed by atoms with Gasteiger partial charge >= 0.3 is 18.0 Å². The molecule has 14 heteroatoms. The molecule has 0 aliphatic carbocycles. The molecule has 7 amide bonds. The second kappa shape index (κ2) is 19.3. The normalized spacial score (nSPS) is 9.94. The number of imide groups is 2. The van der Waals surface area contributed by atoms with Gasteiger partial charge in [0, 0.05) is 31.0 Å². The summed E-state index contributed by atoms with van der Waals surface area (Å²) in [6.07, 6.45) is 2.59. The third-order valence-corrected chi connectivity index (χ3v) is 3.25. The summed E-state index contributed by atoms with van der Waals surface area (Å²) in [6.45, 7) is 10.6. The highest BCUT2D eigenvalue weighted by atomic mass is 35.5. The number of esters is 1. The fourth-order valence-electron chi connectivity index (χ4n) is 1.33. The SMILES string of the molecule is C=C(C)C(=O)NCCC=NC(=O)NC(=O)CCl.C=C(C=NC(=O)NC(=O)CCl)C(=O)OCC. The number of alkyl halides is 2. The molecule has 3 N–H and O–H groups in total. The van der Waals surface area contributed by atoms with Gasteiger partial charge in [-0.15, -0.1) is 23.2 Å². The topological polar surface area (TPSA) is 172 Å². The first-order chi connectivity index (χ1) is 15.5. The molecular formula is C19H25Cl2N5O7. The Morgan fingerprint density at radius 2 is 1.45 bits per heavy atom. The van der Waals surface area contributed by atoms with E-state index in [1.807, 2.05) is 10.6 Å². The quantitative estimate of drug-likeness (QED) is 0.139. The zero-order valence-corrected chi connectivity index (χ0v) is 19.6. The molecule has 12 nitrogen and oxygen atoms in total. The second-order valence-electron chi connectivity index (χ2n) is 5.61. The first-order valence-electron chi connectivity index (χ1n) is 9.14. The van der Waals surface area contributed by atoms with Crippen molar-refractivity contribution >= 4 is 71.4 Å². The molecule has 0 aliphatic heterocycles. The summed E-state index contributed by atoms with van der Waals surface area (Å²) < 4.78 is 4.59. The third-order valence-electron chi connectivity index (χ3n) is 2.77. The summed E-state index contributed by atoms with van der Waals surface area (Å²) in [5.74, 6) is -2.85. The summed E-state index contributed by atoms with van der Waals surface area (Å²) in [6, 6.07) is -1.70. The number of amides is 7. The van der Waals surface area contributed by atoms with E-state index >= 15 is 0 Å². The van der Waals surface area contributed by atoms with E-state index in [2.05, 4.69) is 33.2 Å². The predicted molar refractivity (Wildman–Crippen MR) is 124 cm³/mol. The minimum atomic E-state index is -0.920. The highest BCUT2D eigenvalue weighted by Crippen LogP contribution is 1.91. The summed E-state index contributed by atoms with van der Waals surface area (Å²) >= 11 is 10.3. The van der Waals surface area contributed by atoms with Crippen molar-refractivity contribution in [3.8, 4) is 0 Å². The smallest absolute Gasteiger partial charge is 0.347 e. The van der Waals surface area contributed by atoms with E-state index in [9.17, 15) is 28.8 Å². The van der Waals surface area contributed by atoms with Crippen molar-refractivity contribution in [2.75, 3.05) is 24.9 Å². The molecule has 0 radical (unpaired) electrons. The molecule has 0 bridgehead atoms. The van der Waals surface area contributed by atoms with Crippen LogP contribution in [0.25, 0.3) is 0 Å². The average molecular weight is 506 g/mol. The molecule has 0 heterocycles. The Morgan fingerprint density at radius 3 is 1.91 bits per heavy atom. The molecule has 0 saturated heterocycles. The lowest BCUT2D eigenvalue weighted by molar-refractivity contribution is -0.137. The highest BCUT2D eigenvalue weighted by Gasteiger charge is 2.07. The third kappa shape index (κ3) is 19.1. The zero-order valence-electron chi connectivity index (χ0n) is 18.1. The first-order valence-corrected chi connectivity index (χ1v) is 10.2. The van der Waals surface area contributed by atoms with Gasteiger partial charge in [0.05, 0.1) is 12.2 Å². The van der Waals surface area contributed by atoms with Gasteiger partial charge in [-0.1, -0.05) is 13.2 Å². The lowest BCUT2D eigenvalue weighted by Crippen LogP contribution is -2.29. The number of hydrogen-bond donors (Lipinski definition) is 3. The van der Waals surface area contributed by atoms with Crippen molar-refractivity contribution in [1.29, 1.82) is 0 Å². The van der Waals surface area contributed by atoms with Crippen LogP contribution < -0.4 is 16.0 Å². The van der Waals surface area contributed by atoms with E-state index < -0.39 is 29.8 Å². The van der Waals surface area contributed by atoms with Gasteiger partial charge in [0.2, 0.25) is 17.7 Å². The molecule has 0 saturated carbocycles. The van der Waals surface area contributed by atoms with Gasteiger partial charge < -0.3 is 10.1 Å². The van der Waals surface area contributed by atoms with Crippen LogP contribution in [-0.2, 0) is 23.9 Å². The maximum absolute atomic E-state index is 11.0. The number of aliphatic imine (C=N–C) groups is 2. The summed E-state index contributed by atoms with van der Waals surface area (Å²) in [5, 5.41) is 6.35. The molecular weight excluding hydrogens is 481 g/mol. The summed E-state index contributed by atoms with van der Waals surface area (Å²) in [4.78, 5) is 71.9. The van der Waals surface area contributed by atoms with Gasteiger partial charge in [0.15, 0.2) is 0 Å². The molecule has 0 aromatic rings. The lowest BCUT2D eigenvalue weighted by Gasteiger charge is -2.00. The van der Waals surface area contributed by atoms with E-state index in [1.54, 1.807) is 13.8 Å². The maximum atomic E-state index is 11.0. The van der Waals surface area contributed by atoms with Crippen molar-refractivity contribution < 1.29 is 33.5 Å². The Balaban J connectivity index is 0. The molecule has 0 aliphatic rings. The fraction of sp³-hybridized carbons (Fsp3) is 0.368. The number of ether oxygens (including phenoxy) is 1. The average Bonchev–Trinajstić information content (AvgIpc) is 2.77. The highest BCUT2D eigenvalue weighted by molar-refractivity contribution is 6.29. The Labute approximate surface area is 200 Å². The number of nitrogens with one attached hydrogen (secondary N) is 3. The standard InChI is InChI=1S/C10H14ClN3O3.C9H11ClN2O4/c1-7(2)9(16)12-4-3-5-13-10(17)14-8(15)6-11;1-3-16-8(14)6(2)5-11-9(15)12-7(13)4-10/h5H,1,3-4,6H2,2H3,(H,12,16)(H,14,15,17);5H,2-4H2,1H3,(H,12,13,15). The monoisotopic (exact) mass is 505 g/mol. The van der Waals surface area contributed by atoms with Gasteiger partial charge in [0.25, 0.3) is 0 Å². The number of rotatable bonds is 9. The van der Waals surface area contributed by atoms with Crippen molar-refractivity contribution in [1.82, 2.24) is 16.0 Å². The molecule has 0 fully saturated rings. The Kier molecular flexibility index (Phi) is 18.6. The number of carbonyl (C=O) groups is 6. The van der Waals surface area contributed by atoms with Crippen molar-refractivity contribution in [3.63, 3.8) is 0 Å². The van der Waals surface area contributed by atoms with Crippen LogP contribution in [0.4, 0.5) is 9.59 Å². The van der Waals surface area contributed by atoms with Gasteiger partial charge in [-0.25, -0.2) is 24.4 Å². The first kappa shape index (κ1) is 31.8. The Morgan fingerprint density at radius 1 is 0.939 bits per heavy atom. The van der Waals surface area contributed by atoms with Crippen LogP contribution in [0, 0.1) is 0 Å². The van der Waals surface area contributed by atoms with Crippen LogP contribution in [-0.4, -0.2) is 73.1 Å². The van der Waals surface area contributed by atoms with Gasteiger partial charge in [-0.05, 0) is 13.8 Å². The molecule has 33 heavy (non-hydrogen) atoms. The number of urea groups is 2. The maximum Gasteiger partial charge on any atom is 0.347 e. The molecule has 0 unspecified atom stereocenters. The minimum Gasteiger partial charge on any atom is -0.462 e. The van der Waals surface area contributed by atoms with Crippen molar-refractivity contribution in [2.24, 2.45) is 9.98 Å². The van der Waals surface area contributed by atoms with E-state index in [1.165, 1.54) is 6.21 Å². The minimum absolute atomic E-state index is 0.0877. The zero-order chi connectivity index (χ0) is 25.8. The Hall–Kier alpha value is -3.38. The van der Waals surface area contributed by atoms with Crippen LogP contribution in [0.1, 0.15) is 20.3 Å². The largest absolute Gasteiger partial charge is 0.462 e. The van der Waals surface area contributed by atoms with Gasteiger partial charge in [0.1, 0.15) is 11.8 Å². The second-order valence-corrected chi connectivity index (χ2v) is 6.15. The summed E-state index contributed by atoms with van der Waals surface area (Å²) in [5.41, 5.74) is 0.322. The number of hydrogen-bond acceptors (Lipinski definition) is 7. The van der Waals surface area contributed by atoms with Crippen LogP contribution in [0.3, 0.4) is 0 Å². The van der Waals surface area contributed by atoms with Crippen LogP contribution in [0.2, 0.25) is 0 Å². The summed E-state index contributed by atoms with van der Waals surface area (Å²) in [7, 11) is 0. The molecule has 0 aromatic heterocycles. The molecule has 0 atom stereocenters. The molecule has 0 rings (SSSR count). The molecule has 182 valence electrons. The number of halogens is 2. The lowest BCUT2D eigenvalue weighted by atomic mass is 10.3. The van der Waals surface area contributed by atoms with E-state index in [0.29, 0.717) is 18.5 Å². The number of carbonyl (C=O) groups excluding carboxylic acids is 6. The van der Waals surface area contributed by atoms with Crippen LogP contribution >= 0.6 is 23.2 Å². The van der Waals surface area contributed by atoms with E-state index in [4.69, 9.17) is 23.2 Å².